The smallest absolute Gasteiger partial charge is 0.0900 e. The minimum Gasteiger partial charge on any atom is -0.389 e. The van der Waals surface area contributed by atoms with Crippen molar-refractivity contribution in [3.63, 3.8) is 0 Å². The van der Waals surface area contributed by atoms with Crippen molar-refractivity contribution in [3.05, 3.63) is 48.6 Å². The fourth-order valence-corrected chi connectivity index (χ4v) is 2.61. The van der Waals surface area contributed by atoms with Crippen molar-refractivity contribution in [2.45, 2.75) is 12.6 Å². The maximum absolute atomic E-state index is 9.91. The van der Waals surface area contributed by atoms with Crippen molar-refractivity contribution in [1.82, 2.24) is 9.80 Å². The van der Waals surface area contributed by atoms with Gasteiger partial charge in [0.25, 0.3) is 0 Å². The van der Waals surface area contributed by atoms with Crippen LogP contribution in [0.4, 0.5) is 0 Å². The van der Waals surface area contributed by atoms with Crippen molar-refractivity contribution in [1.29, 1.82) is 0 Å². The van der Waals surface area contributed by atoms with Crippen molar-refractivity contribution in [2.75, 3.05) is 45.9 Å². The molecule has 1 heterocycles. The molecule has 0 spiro atoms. The van der Waals surface area contributed by atoms with Gasteiger partial charge in [0, 0.05) is 39.3 Å². The zero-order valence-corrected chi connectivity index (χ0v) is 12.7. The Bertz CT molecular complexity index is 403. The number of ether oxygens (including phenoxy) is 1. The average Bonchev–Trinajstić information content (AvgIpc) is 2.51. The number of benzene rings is 1. The Kier molecular flexibility index (Phi) is 6.89. The van der Waals surface area contributed by atoms with Crippen LogP contribution in [0.2, 0.25) is 0 Å². The average molecular weight is 290 g/mol. The molecule has 0 aromatic heterocycles. The van der Waals surface area contributed by atoms with E-state index in [-0.39, 0.29) is 0 Å². The van der Waals surface area contributed by atoms with Gasteiger partial charge in [0.2, 0.25) is 0 Å². The summed E-state index contributed by atoms with van der Waals surface area (Å²) in [5.41, 5.74) is 1.36. The van der Waals surface area contributed by atoms with Crippen LogP contribution in [-0.4, -0.2) is 66.9 Å². The maximum atomic E-state index is 9.91. The number of aliphatic hydroxyl groups excluding tert-OH is 1. The summed E-state index contributed by atoms with van der Waals surface area (Å²) in [6, 6.07) is 10.6. The van der Waals surface area contributed by atoms with E-state index in [0.29, 0.717) is 19.8 Å². The molecule has 1 aliphatic rings. The molecule has 2 rings (SSSR count). The van der Waals surface area contributed by atoms with Gasteiger partial charge in [-0.25, -0.2) is 0 Å². The lowest BCUT2D eigenvalue weighted by molar-refractivity contribution is 0.0142. The highest BCUT2D eigenvalue weighted by atomic mass is 16.5. The summed E-state index contributed by atoms with van der Waals surface area (Å²) in [5, 5.41) is 9.91. The summed E-state index contributed by atoms with van der Waals surface area (Å²) >= 11 is 0. The third kappa shape index (κ3) is 5.98. The second-order valence-corrected chi connectivity index (χ2v) is 5.54. The fourth-order valence-electron chi connectivity index (χ4n) is 2.61. The summed E-state index contributed by atoms with van der Waals surface area (Å²) in [6.07, 6.45) is 1.29. The van der Waals surface area contributed by atoms with Gasteiger partial charge in [0.05, 0.1) is 19.3 Å². The van der Waals surface area contributed by atoms with Gasteiger partial charge in [-0.2, -0.15) is 0 Å². The lowest BCUT2D eigenvalue weighted by Crippen LogP contribution is -2.48. The molecule has 0 saturated carbocycles. The van der Waals surface area contributed by atoms with Gasteiger partial charge in [0.15, 0.2) is 0 Å². The summed E-state index contributed by atoms with van der Waals surface area (Å²) in [6.45, 7) is 10.3. The van der Waals surface area contributed by atoms with E-state index in [4.69, 9.17) is 4.74 Å². The van der Waals surface area contributed by atoms with E-state index >= 15 is 0 Å². The molecule has 0 bridgehead atoms. The number of hydrogen-bond acceptors (Lipinski definition) is 4. The lowest BCUT2D eigenvalue weighted by Gasteiger charge is -2.35. The molecule has 1 aromatic carbocycles. The molecule has 4 heteroatoms. The first-order valence-electron chi connectivity index (χ1n) is 7.63. The number of rotatable bonds is 8. The molecule has 0 amide bonds. The molecule has 0 unspecified atom stereocenters. The number of aliphatic hydroxyl groups is 1. The number of β-amino-alcohol motifs (C(OH)–C–C–N with tert-alkyl or cyclic N) is 1. The summed E-state index contributed by atoms with van der Waals surface area (Å²) in [5.74, 6) is 0. The van der Waals surface area contributed by atoms with Crippen LogP contribution in [0.3, 0.4) is 0 Å². The zero-order chi connectivity index (χ0) is 14.9. The van der Waals surface area contributed by atoms with Gasteiger partial charge in [-0.1, -0.05) is 36.4 Å². The zero-order valence-electron chi connectivity index (χ0n) is 12.7. The Labute approximate surface area is 127 Å². The van der Waals surface area contributed by atoms with Crippen molar-refractivity contribution < 1.29 is 9.84 Å². The second-order valence-electron chi connectivity index (χ2n) is 5.54. The molecule has 0 aliphatic carbocycles. The second kappa shape index (κ2) is 8.95. The highest BCUT2D eigenvalue weighted by Crippen LogP contribution is 2.08. The Morgan fingerprint density at radius 3 is 2.48 bits per heavy atom. The van der Waals surface area contributed by atoms with Crippen molar-refractivity contribution in [3.8, 4) is 0 Å². The topological polar surface area (TPSA) is 35.9 Å². The molecule has 1 fully saturated rings. The molecule has 1 atom stereocenters. The molecule has 1 saturated heterocycles. The quantitative estimate of drug-likeness (QED) is 0.579. The predicted molar refractivity (Wildman–Crippen MR) is 85.2 cm³/mol. The van der Waals surface area contributed by atoms with Gasteiger partial charge in [-0.3, -0.25) is 9.80 Å². The molecule has 1 N–H and O–H groups in total. The molecular weight excluding hydrogens is 264 g/mol. The third-order valence-corrected chi connectivity index (χ3v) is 3.73. The lowest BCUT2D eigenvalue weighted by atomic mass is 10.2. The Morgan fingerprint density at radius 2 is 1.81 bits per heavy atom. The van der Waals surface area contributed by atoms with Crippen LogP contribution in [0, 0.1) is 0 Å². The Morgan fingerprint density at radius 1 is 1.14 bits per heavy atom. The summed E-state index contributed by atoms with van der Waals surface area (Å²) < 4.78 is 5.28. The third-order valence-electron chi connectivity index (χ3n) is 3.73. The van der Waals surface area contributed by atoms with Gasteiger partial charge < -0.3 is 9.84 Å². The van der Waals surface area contributed by atoms with Crippen LogP contribution < -0.4 is 0 Å². The summed E-state index contributed by atoms with van der Waals surface area (Å²) in [4.78, 5) is 4.77. The number of hydrogen-bond donors (Lipinski definition) is 1. The predicted octanol–water partition coefficient (Wildman–Crippen LogP) is 1.37. The highest BCUT2D eigenvalue weighted by Gasteiger charge is 2.19. The van der Waals surface area contributed by atoms with Crippen LogP contribution in [0.5, 0.6) is 0 Å². The molecular formula is C17H26N2O2. The van der Waals surface area contributed by atoms with E-state index in [0.717, 1.165) is 32.7 Å². The van der Waals surface area contributed by atoms with Gasteiger partial charge in [0.1, 0.15) is 0 Å². The molecule has 4 nitrogen and oxygen atoms in total. The van der Waals surface area contributed by atoms with Crippen LogP contribution in [0.15, 0.2) is 43.0 Å². The first-order chi connectivity index (χ1) is 10.3. The number of piperazine rings is 1. The standard InChI is InChI=1S/C17H26N2O2/c1-2-12-21-15-17(20)14-19-10-8-18(9-11-19)13-16-6-4-3-5-7-16/h2-7,17,20H,1,8-15H2/t17-/m0/s1. The monoisotopic (exact) mass is 290 g/mol. The van der Waals surface area contributed by atoms with Crippen LogP contribution in [0.25, 0.3) is 0 Å². The van der Waals surface area contributed by atoms with Crippen molar-refractivity contribution in [2.24, 2.45) is 0 Å². The highest BCUT2D eigenvalue weighted by molar-refractivity contribution is 5.14. The Balaban J connectivity index is 1.65. The van der Waals surface area contributed by atoms with Gasteiger partial charge >= 0.3 is 0 Å². The van der Waals surface area contributed by atoms with Crippen LogP contribution in [-0.2, 0) is 11.3 Å². The molecule has 116 valence electrons. The summed E-state index contributed by atoms with van der Waals surface area (Å²) in [7, 11) is 0. The van der Waals surface area contributed by atoms with E-state index in [1.165, 1.54) is 5.56 Å². The minimum absolute atomic E-state index is 0.385. The Hall–Kier alpha value is -1.20. The molecule has 1 aliphatic heterocycles. The molecule has 0 radical (unpaired) electrons. The van der Waals surface area contributed by atoms with Crippen LogP contribution in [0.1, 0.15) is 5.56 Å². The van der Waals surface area contributed by atoms with E-state index in [1.807, 2.05) is 0 Å². The molecule has 1 aromatic rings. The minimum atomic E-state index is -0.411. The number of nitrogens with zero attached hydrogens (tertiary/aromatic N) is 2. The largest absolute Gasteiger partial charge is 0.389 e. The van der Waals surface area contributed by atoms with Gasteiger partial charge in [-0.05, 0) is 5.56 Å². The van der Waals surface area contributed by atoms with Crippen molar-refractivity contribution >= 4 is 0 Å². The first-order valence-corrected chi connectivity index (χ1v) is 7.63. The van der Waals surface area contributed by atoms with E-state index in [1.54, 1.807) is 6.08 Å². The van der Waals surface area contributed by atoms with E-state index in [9.17, 15) is 5.11 Å². The van der Waals surface area contributed by atoms with Gasteiger partial charge in [-0.15, -0.1) is 6.58 Å². The molecule has 21 heavy (non-hydrogen) atoms. The van der Waals surface area contributed by atoms with E-state index in [2.05, 4.69) is 46.7 Å². The normalized spacial score (nSPS) is 18.5. The first kappa shape index (κ1) is 16.2. The van der Waals surface area contributed by atoms with E-state index < -0.39 is 6.10 Å². The fraction of sp³-hybridized carbons (Fsp3) is 0.529. The maximum Gasteiger partial charge on any atom is 0.0900 e. The van der Waals surface area contributed by atoms with Crippen LogP contribution >= 0.6 is 0 Å². The SMILES string of the molecule is C=CCOC[C@@H](O)CN1CCN(Cc2ccccc2)CC1.